The van der Waals surface area contributed by atoms with Gasteiger partial charge in [0.25, 0.3) is 0 Å². The van der Waals surface area contributed by atoms with Crippen molar-refractivity contribution in [3.63, 3.8) is 0 Å². The topological polar surface area (TPSA) is 24.9 Å². The highest BCUT2D eigenvalue weighted by Gasteiger charge is 2.23. The zero-order valence-electron chi connectivity index (χ0n) is 10.5. The Bertz CT molecular complexity index is 336. The molecule has 1 unspecified atom stereocenters. The van der Waals surface area contributed by atoms with Crippen LogP contribution in [0.5, 0.6) is 0 Å². The highest BCUT2D eigenvalue weighted by Crippen LogP contribution is 2.28. The Labute approximate surface area is 97.3 Å². The van der Waals surface area contributed by atoms with E-state index in [4.69, 9.17) is 0 Å². The summed E-state index contributed by atoms with van der Waals surface area (Å²) in [4.78, 5) is 3.91. The van der Waals surface area contributed by atoms with Gasteiger partial charge in [0, 0.05) is 12.2 Å². The average Bonchev–Trinajstić information content (AvgIpc) is 2.17. The molecule has 0 bridgehead atoms. The van der Waals surface area contributed by atoms with E-state index in [0.717, 1.165) is 18.5 Å². The Balaban J connectivity index is 2.76. The predicted molar refractivity (Wildman–Crippen MR) is 65.0 cm³/mol. The molecular formula is C13H21FN2. The van der Waals surface area contributed by atoms with Crippen molar-refractivity contribution in [3.05, 3.63) is 29.8 Å². The van der Waals surface area contributed by atoms with Crippen molar-refractivity contribution in [2.24, 2.45) is 0 Å². The van der Waals surface area contributed by atoms with E-state index in [1.54, 1.807) is 12.3 Å². The molecule has 0 aliphatic rings. The van der Waals surface area contributed by atoms with Crippen molar-refractivity contribution in [1.82, 2.24) is 10.3 Å². The van der Waals surface area contributed by atoms with Crippen molar-refractivity contribution >= 4 is 0 Å². The lowest BCUT2D eigenvalue weighted by atomic mass is 9.80. The molecule has 2 nitrogen and oxygen atoms in total. The molecule has 0 aliphatic carbocycles. The number of nitrogens with zero attached hydrogens (tertiary/aromatic N) is 1. The van der Waals surface area contributed by atoms with E-state index in [-0.39, 0.29) is 11.2 Å². The number of pyridine rings is 1. The lowest BCUT2D eigenvalue weighted by Crippen LogP contribution is -2.33. The van der Waals surface area contributed by atoms with Gasteiger partial charge in [-0.2, -0.15) is 0 Å². The summed E-state index contributed by atoms with van der Waals surface area (Å²) in [6.07, 6.45) is 3.96. The second-order valence-corrected chi connectivity index (χ2v) is 4.94. The summed E-state index contributed by atoms with van der Waals surface area (Å²) >= 11 is 0. The minimum Gasteiger partial charge on any atom is -0.315 e. The first kappa shape index (κ1) is 13.1. The minimum absolute atomic E-state index is 0.0588. The molecule has 1 heterocycles. The van der Waals surface area contributed by atoms with Gasteiger partial charge in [0.2, 0.25) is 0 Å². The summed E-state index contributed by atoms with van der Waals surface area (Å²) < 4.78 is 13.1. The fraction of sp³-hybridized carbons (Fsp3) is 0.615. The van der Waals surface area contributed by atoms with Gasteiger partial charge in [-0.25, -0.2) is 4.39 Å². The van der Waals surface area contributed by atoms with Crippen molar-refractivity contribution in [2.75, 3.05) is 6.54 Å². The molecule has 0 spiro atoms. The van der Waals surface area contributed by atoms with Crippen LogP contribution in [-0.2, 0) is 5.41 Å². The maximum atomic E-state index is 13.1. The molecular weight excluding hydrogens is 203 g/mol. The summed E-state index contributed by atoms with van der Waals surface area (Å²) in [7, 11) is 0. The zero-order chi connectivity index (χ0) is 12.2. The maximum absolute atomic E-state index is 13.1. The molecule has 0 radical (unpaired) electrons. The van der Waals surface area contributed by atoms with Gasteiger partial charge in [-0.15, -0.1) is 0 Å². The van der Waals surface area contributed by atoms with Crippen LogP contribution in [0.15, 0.2) is 18.5 Å². The quantitative estimate of drug-likeness (QED) is 0.832. The summed E-state index contributed by atoms with van der Waals surface area (Å²) in [5.41, 5.74) is 0.897. The van der Waals surface area contributed by atoms with E-state index in [1.165, 1.54) is 6.20 Å². The first-order valence-electron chi connectivity index (χ1n) is 5.80. The highest BCUT2D eigenvalue weighted by atomic mass is 19.1. The summed E-state index contributed by atoms with van der Waals surface area (Å²) in [5, 5.41) is 3.37. The van der Waals surface area contributed by atoms with E-state index in [2.05, 4.69) is 38.0 Å². The van der Waals surface area contributed by atoms with Crippen molar-refractivity contribution in [3.8, 4) is 0 Å². The molecule has 1 aromatic heterocycles. The summed E-state index contributed by atoms with van der Waals surface area (Å²) in [6, 6.07) is 1.99. The van der Waals surface area contributed by atoms with Crippen LogP contribution in [0.3, 0.4) is 0 Å². The maximum Gasteiger partial charge on any atom is 0.141 e. The molecule has 0 fully saturated rings. The lowest BCUT2D eigenvalue weighted by molar-refractivity contribution is 0.392. The van der Waals surface area contributed by atoms with Crippen molar-refractivity contribution < 1.29 is 4.39 Å². The first-order valence-corrected chi connectivity index (χ1v) is 5.80. The third kappa shape index (κ3) is 3.56. The van der Waals surface area contributed by atoms with E-state index in [0.29, 0.717) is 6.04 Å². The first-order chi connectivity index (χ1) is 7.45. The Morgan fingerprint density at radius 2 is 2.12 bits per heavy atom. The summed E-state index contributed by atoms with van der Waals surface area (Å²) in [5.74, 6) is -0.262. The van der Waals surface area contributed by atoms with Crippen molar-refractivity contribution in [2.45, 2.75) is 45.6 Å². The Morgan fingerprint density at radius 1 is 1.44 bits per heavy atom. The standard InChI is InChI=1S/C13H21FN2/c1-5-16-10(2)7-13(3,4)11-6-12(14)9-15-8-11/h6,8-10,16H,5,7H2,1-4H3. The summed E-state index contributed by atoms with van der Waals surface area (Å²) in [6.45, 7) is 9.44. The van der Waals surface area contributed by atoms with Crippen LogP contribution in [-0.4, -0.2) is 17.6 Å². The number of aromatic nitrogens is 1. The van der Waals surface area contributed by atoms with Gasteiger partial charge in [0.15, 0.2) is 0 Å². The van der Waals surface area contributed by atoms with Gasteiger partial charge in [0.05, 0.1) is 6.20 Å². The monoisotopic (exact) mass is 224 g/mol. The largest absolute Gasteiger partial charge is 0.315 e. The number of hydrogen-bond acceptors (Lipinski definition) is 2. The lowest BCUT2D eigenvalue weighted by Gasteiger charge is -2.28. The van der Waals surface area contributed by atoms with Crippen LogP contribution in [0.4, 0.5) is 4.39 Å². The number of hydrogen-bond donors (Lipinski definition) is 1. The highest BCUT2D eigenvalue weighted by molar-refractivity contribution is 5.20. The number of halogens is 1. The smallest absolute Gasteiger partial charge is 0.141 e. The molecule has 0 amide bonds. The molecule has 0 aromatic carbocycles. The van der Waals surface area contributed by atoms with Gasteiger partial charge in [0.1, 0.15) is 5.82 Å². The van der Waals surface area contributed by atoms with Crippen molar-refractivity contribution in [1.29, 1.82) is 0 Å². The molecule has 1 N–H and O–H groups in total. The third-order valence-electron chi connectivity index (χ3n) is 2.86. The van der Waals surface area contributed by atoms with E-state index < -0.39 is 0 Å². The second-order valence-electron chi connectivity index (χ2n) is 4.94. The van der Waals surface area contributed by atoms with Gasteiger partial charge >= 0.3 is 0 Å². The molecule has 0 saturated carbocycles. The molecule has 1 rings (SSSR count). The number of nitrogens with one attached hydrogen (secondary N) is 1. The molecule has 16 heavy (non-hydrogen) atoms. The van der Waals surface area contributed by atoms with Gasteiger partial charge in [-0.1, -0.05) is 20.8 Å². The molecule has 0 saturated heterocycles. The van der Waals surface area contributed by atoms with Gasteiger partial charge in [-0.05, 0) is 36.9 Å². The third-order valence-corrected chi connectivity index (χ3v) is 2.86. The fourth-order valence-electron chi connectivity index (χ4n) is 2.09. The predicted octanol–water partition coefficient (Wildman–Crippen LogP) is 2.89. The fourth-order valence-corrected chi connectivity index (χ4v) is 2.09. The van der Waals surface area contributed by atoms with Crippen LogP contribution in [0, 0.1) is 5.82 Å². The number of rotatable bonds is 5. The van der Waals surface area contributed by atoms with E-state index in [1.807, 2.05) is 0 Å². The molecule has 3 heteroatoms. The van der Waals surface area contributed by atoms with E-state index >= 15 is 0 Å². The SMILES string of the molecule is CCNC(C)CC(C)(C)c1cncc(F)c1. The second kappa shape index (κ2) is 5.39. The van der Waals surface area contributed by atoms with Gasteiger partial charge in [-0.3, -0.25) is 4.98 Å². The zero-order valence-corrected chi connectivity index (χ0v) is 10.5. The molecule has 1 atom stereocenters. The molecule has 90 valence electrons. The van der Waals surface area contributed by atoms with Crippen LogP contribution in [0.2, 0.25) is 0 Å². The minimum atomic E-state index is -0.262. The Hall–Kier alpha value is -0.960. The van der Waals surface area contributed by atoms with Crippen LogP contribution in [0.25, 0.3) is 0 Å². The van der Waals surface area contributed by atoms with E-state index in [9.17, 15) is 4.39 Å². The molecule has 1 aromatic rings. The Kier molecular flexibility index (Phi) is 4.42. The van der Waals surface area contributed by atoms with Crippen LogP contribution < -0.4 is 5.32 Å². The average molecular weight is 224 g/mol. The Morgan fingerprint density at radius 3 is 2.69 bits per heavy atom. The van der Waals surface area contributed by atoms with Gasteiger partial charge < -0.3 is 5.32 Å². The molecule has 0 aliphatic heterocycles. The van der Waals surface area contributed by atoms with Crippen LogP contribution >= 0.6 is 0 Å². The normalized spacial score (nSPS) is 13.8. The van der Waals surface area contributed by atoms with Crippen LogP contribution in [0.1, 0.15) is 39.7 Å².